The van der Waals surface area contributed by atoms with E-state index in [4.69, 9.17) is 16.0 Å². The quantitative estimate of drug-likeness (QED) is 0.510. The number of carbonyl (C=O) groups is 1. The summed E-state index contributed by atoms with van der Waals surface area (Å²) < 4.78 is 5.69. The Hall–Kier alpha value is -2.63. The lowest BCUT2D eigenvalue weighted by atomic mass is 10.1. The summed E-state index contributed by atoms with van der Waals surface area (Å²) in [4.78, 5) is 17.1. The van der Waals surface area contributed by atoms with Gasteiger partial charge in [0.15, 0.2) is 5.76 Å². The second-order valence-corrected chi connectivity index (χ2v) is 7.25. The van der Waals surface area contributed by atoms with Crippen molar-refractivity contribution in [2.24, 2.45) is 0 Å². The Labute approximate surface area is 159 Å². The molecule has 6 heteroatoms. The number of benzene rings is 2. The lowest BCUT2D eigenvalue weighted by Gasteiger charge is -2.01. The molecule has 2 aromatic heterocycles. The Balaban J connectivity index is 1.47. The van der Waals surface area contributed by atoms with Crippen molar-refractivity contribution in [1.29, 1.82) is 0 Å². The molecule has 0 bridgehead atoms. The molecule has 0 saturated carbocycles. The number of aryl methyl sites for hydroxylation is 1. The zero-order valence-corrected chi connectivity index (χ0v) is 15.5. The Morgan fingerprint density at radius 3 is 2.73 bits per heavy atom. The van der Waals surface area contributed by atoms with Gasteiger partial charge in [0.1, 0.15) is 10.6 Å². The Bertz CT molecular complexity index is 1080. The molecule has 4 rings (SSSR count). The molecule has 0 spiro atoms. The summed E-state index contributed by atoms with van der Waals surface area (Å²) in [7, 11) is 0. The SMILES string of the molecule is Cc1c(C(=O)NCc2nc(-c3ccc(Cl)cc3)cs2)oc2ccccc12. The van der Waals surface area contributed by atoms with E-state index < -0.39 is 0 Å². The highest BCUT2D eigenvalue weighted by Crippen LogP contribution is 2.26. The topological polar surface area (TPSA) is 55.1 Å². The van der Waals surface area contributed by atoms with Crippen molar-refractivity contribution in [3.05, 3.63) is 75.3 Å². The number of amides is 1. The van der Waals surface area contributed by atoms with Crippen LogP contribution in [0, 0.1) is 6.92 Å². The van der Waals surface area contributed by atoms with Gasteiger partial charge in [0.2, 0.25) is 0 Å². The highest BCUT2D eigenvalue weighted by molar-refractivity contribution is 7.09. The van der Waals surface area contributed by atoms with E-state index in [1.54, 1.807) is 0 Å². The van der Waals surface area contributed by atoms with Crippen LogP contribution in [0.2, 0.25) is 5.02 Å². The van der Waals surface area contributed by atoms with Crippen LogP contribution < -0.4 is 5.32 Å². The maximum absolute atomic E-state index is 12.5. The van der Waals surface area contributed by atoms with Crippen molar-refractivity contribution < 1.29 is 9.21 Å². The first-order valence-electron chi connectivity index (χ1n) is 8.08. The number of nitrogens with zero attached hydrogens (tertiary/aromatic N) is 1. The van der Waals surface area contributed by atoms with Crippen LogP contribution in [-0.4, -0.2) is 10.9 Å². The number of carbonyl (C=O) groups excluding carboxylic acids is 1. The molecule has 0 saturated heterocycles. The highest BCUT2D eigenvalue weighted by Gasteiger charge is 2.17. The minimum Gasteiger partial charge on any atom is -0.451 e. The van der Waals surface area contributed by atoms with Gasteiger partial charge in [-0.2, -0.15) is 0 Å². The molecule has 1 N–H and O–H groups in total. The van der Waals surface area contributed by atoms with E-state index in [9.17, 15) is 4.79 Å². The van der Waals surface area contributed by atoms with E-state index >= 15 is 0 Å². The van der Waals surface area contributed by atoms with Gasteiger partial charge in [-0.1, -0.05) is 41.9 Å². The van der Waals surface area contributed by atoms with Gasteiger partial charge in [-0.25, -0.2) is 4.98 Å². The summed E-state index contributed by atoms with van der Waals surface area (Å²) in [5, 5.41) is 7.33. The summed E-state index contributed by atoms with van der Waals surface area (Å²) in [5.74, 6) is 0.114. The number of aromatic nitrogens is 1. The highest BCUT2D eigenvalue weighted by atomic mass is 35.5. The summed E-state index contributed by atoms with van der Waals surface area (Å²) in [6.07, 6.45) is 0. The largest absolute Gasteiger partial charge is 0.451 e. The second kappa shape index (κ2) is 6.94. The van der Waals surface area contributed by atoms with Crippen molar-refractivity contribution >= 4 is 39.8 Å². The van der Waals surface area contributed by atoms with Crippen LogP contribution in [0.4, 0.5) is 0 Å². The summed E-state index contributed by atoms with van der Waals surface area (Å²) in [6, 6.07) is 15.2. The molecule has 0 aliphatic heterocycles. The van der Waals surface area contributed by atoms with Crippen LogP contribution in [-0.2, 0) is 6.54 Å². The molecule has 0 atom stereocenters. The third-order valence-electron chi connectivity index (χ3n) is 4.14. The number of hydrogen-bond acceptors (Lipinski definition) is 4. The third kappa shape index (κ3) is 3.23. The van der Waals surface area contributed by atoms with Crippen molar-refractivity contribution in [1.82, 2.24) is 10.3 Å². The predicted molar refractivity (Wildman–Crippen MR) is 105 cm³/mol. The monoisotopic (exact) mass is 382 g/mol. The first kappa shape index (κ1) is 16.8. The van der Waals surface area contributed by atoms with E-state index in [0.717, 1.165) is 32.8 Å². The normalized spacial score (nSPS) is 11.0. The first-order valence-corrected chi connectivity index (χ1v) is 9.34. The zero-order chi connectivity index (χ0) is 18.1. The minimum absolute atomic E-state index is 0.234. The number of halogens is 1. The second-order valence-electron chi connectivity index (χ2n) is 5.87. The maximum Gasteiger partial charge on any atom is 0.287 e. The van der Waals surface area contributed by atoms with E-state index in [-0.39, 0.29) is 5.91 Å². The third-order valence-corrected chi connectivity index (χ3v) is 5.24. The smallest absolute Gasteiger partial charge is 0.287 e. The zero-order valence-electron chi connectivity index (χ0n) is 14.0. The number of thiazole rings is 1. The molecule has 2 heterocycles. The molecule has 0 radical (unpaired) electrons. The molecule has 26 heavy (non-hydrogen) atoms. The van der Waals surface area contributed by atoms with Gasteiger partial charge in [0, 0.05) is 26.9 Å². The predicted octanol–water partition coefficient (Wildman–Crippen LogP) is 5.45. The maximum atomic E-state index is 12.5. The molecule has 0 fully saturated rings. The molecule has 0 aliphatic rings. The average molecular weight is 383 g/mol. The summed E-state index contributed by atoms with van der Waals surface area (Å²) in [5.41, 5.74) is 3.43. The van der Waals surface area contributed by atoms with Gasteiger partial charge >= 0.3 is 0 Å². The van der Waals surface area contributed by atoms with E-state index in [1.807, 2.05) is 60.8 Å². The van der Waals surface area contributed by atoms with Crippen LogP contribution in [0.15, 0.2) is 58.3 Å². The summed E-state index contributed by atoms with van der Waals surface area (Å²) >= 11 is 7.42. The van der Waals surface area contributed by atoms with Gasteiger partial charge in [-0.3, -0.25) is 4.79 Å². The average Bonchev–Trinajstić information content (AvgIpc) is 3.26. The number of furan rings is 1. The summed E-state index contributed by atoms with van der Waals surface area (Å²) in [6.45, 7) is 2.25. The van der Waals surface area contributed by atoms with Crippen LogP contribution in [0.25, 0.3) is 22.2 Å². The van der Waals surface area contributed by atoms with Gasteiger partial charge in [0.25, 0.3) is 5.91 Å². The molecule has 0 aliphatic carbocycles. The molecule has 130 valence electrons. The van der Waals surface area contributed by atoms with E-state index in [1.165, 1.54) is 11.3 Å². The fourth-order valence-corrected chi connectivity index (χ4v) is 3.64. The standard InChI is InChI=1S/C20H15ClN2O2S/c1-12-15-4-2-3-5-17(15)25-19(12)20(24)22-10-18-23-16(11-26-18)13-6-8-14(21)9-7-13/h2-9,11H,10H2,1H3,(H,22,24). The molecule has 2 aromatic carbocycles. The molecule has 4 aromatic rings. The Morgan fingerprint density at radius 2 is 1.96 bits per heavy atom. The molecular weight excluding hydrogens is 368 g/mol. The fourth-order valence-electron chi connectivity index (χ4n) is 2.77. The van der Waals surface area contributed by atoms with Gasteiger partial charge < -0.3 is 9.73 Å². The van der Waals surface area contributed by atoms with E-state index in [0.29, 0.717) is 17.3 Å². The number of rotatable bonds is 4. The van der Waals surface area contributed by atoms with Gasteiger partial charge in [-0.05, 0) is 25.1 Å². The molecule has 1 amide bonds. The van der Waals surface area contributed by atoms with Crippen molar-refractivity contribution in [3.8, 4) is 11.3 Å². The minimum atomic E-state index is -0.234. The van der Waals surface area contributed by atoms with Crippen LogP contribution >= 0.6 is 22.9 Å². The molecular formula is C20H15ClN2O2S. The molecule has 0 unspecified atom stereocenters. The van der Waals surface area contributed by atoms with Crippen LogP contribution in [0.3, 0.4) is 0 Å². The molecule has 4 nitrogen and oxygen atoms in total. The number of fused-ring (bicyclic) bond motifs is 1. The number of para-hydroxylation sites is 1. The van der Waals surface area contributed by atoms with Crippen molar-refractivity contribution in [2.75, 3.05) is 0 Å². The Morgan fingerprint density at radius 1 is 1.19 bits per heavy atom. The van der Waals surface area contributed by atoms with Gasteiger partial charge in [-0.15, -0.1) is 11.3 Å². The number of hydrogen-bond donors (Lipinski definition) is 1. The fraction of sp³-hybridized carbons (Fsp3) is 0.100. The van der Waals surface area contributed by atoms with Crippen molar-refractivity contribution in [3.63, 3.8) is 0 Å². The van der Waals surface area contributed by atoms with Crippen LogP contribution in [0.1, 0.15) is 21.1 Å². The van der Waals surface area contributed by atoms with Crippen LogP contribution in [0.5, 0.6) is 0 Å². The number of nitrogens with one attached hydrogen (secondary N) is 1. The van der Waals surface area contributed by atoms with Crippen molar-refractivity contribution in [2.45, 2.75) is 13.5 Å². The Kier molecular flexibility index (Phi) is 4.49. The van der Waals surface area contributed by atoms with Gasteiger partial charge in [0.05, 0.1) is 12.2 Å². The van der Waals surface area contributed by atoms with E-state index in [2.05, 4.69) is 10.3 Å². The first-order chi connectivity index (χ1) is 12.6. The lowest BCUT2D eigenvalue weighted by molar-refractivity contribution is 0.0924. The lowest BCUT2D eigenvalue weighted by Crippen LogP contribution is -2.22.